The maximum absolute atomic E-state index is 11.9. The predicted molar refractivity (Wildman–Crippen MR) is 71.7 cm³/mol. The zero-order chi connectivity index (χ0) is 13.8. The molecule has 0 bridgehead atoms. The standard InChI is InChI=1S/C14H12N4O2/c19-14(15-9-12-6-8-20-18-12)11-3-1-10(2-4-11)13-5-7-16-17-13/h1-8H,9H2,(H,15,19)(H,16,17). The van der Waals surface area contributed by atoms with Crippen LogP contribution in [-0.2, 0) is 6.54 Å². The van der Waals surface area contributed by atoms with Gasteiger partial charge in [0.15, 0.2) is 0 Å². The van der Waals surface area contributed by atoms with E-state index >= 15 is 0 Å². The number of nitrogens with zero attached hydrogens (tertiary/aromatic N) is 2. The van der Waals surface area contributed by atoms with Gasteiger partial charge in [-0.25, -0.2) is 0 Å². The summed E-state index contributed by atoms with van der Waals surface area (Å²) in [5.41, 5.74) is 3.18. The Kier molecular flexibility index (Phi) is 3.28. The van der Waals surface area contributed by atoms with Gasteiger partial charge in [-0.15, -0.1) is 0 Å². The molecular weight excluding hydrogens is 256 g/mol. The van der Waals surface area contributed by atoms with Crippen LogP contribution in [0.25, 0.3) is 11.3 Å². The summed E-state index contributed by atoms with van der Waals surface area (Å²) < 4.78 is 4.70. The molecule has 0 aliphatic carbocycles. The second-order valence-corrected chi connectivity index (χ2v) is 4.22. The van der Waals surface area contributed by atoms with E-state index in [0.717, 1.165) is 11.3 Å². The Morgan fingerprint density at radius 1 is 1.20 bits per heavy atom. The van der Waals surface area contributed by atoms with Crippen molar-refractivity contribution in [1.82, 2.24) is 20.7 Å². The number of amides is 1. The molecular formula is C14H12N4O2. The average Bonchev–Trinajstić information content (AvgIpc) is 3.18. The summed E-state index contributed by atoms with van der Waals surface area (Å²) in [5.74, 6) is -0.149. The Bertz CT molecular complexity index is 673. The molecule has 6 heteroatoms. The first-order valence-corrected chi connectivity index (χ1v) is 6.10. The molecule has 2 N–H and O–H groups in total. The largest absolute Gasteiger partial charge is 0.364 e. The molecule has 0 atom stereocenters. The molecule has 2 aromatic heterocycles. The zero-order valence-electron chi connectivity index (χ0n) is 10.5. The van der Waals surface area contributed by atoms with E-state index in [1.54, 1.807) is 24.4 Å². The van der Waals surface area contributed by atoms with Crippen molar-refractivity contribution in [3.05, 3.63) is 60.1 Å². The summed E-state index contributed by atoms with van der Waals surface area (Å²) in [6.45, 7) is 0.345. The third-order valence-corrected chi connectivity index (χ3v) is 2.88. The summed E-state index contributed by atoms with van der Waals surface area (Å²) in [6.07, 6.45) is 3.16. The van der Waals surface area contributed by atoms with Crippen LogP contribution in [0.15, 0.2) is 53.4 Å². The molecule has 0 spiro atoms. The topological polar surface area (TPSA) is 83.8 Å². The van der Waals surface area contributed by atoms with Crippen molar-refractivity contribution < 1.29 is 9.32 Å². The molecule has 0 radical (unpaired) electrons. The van der Waals surface area contributed by atoms with Gasteiger partial charge in [0, 0.05) is 17.8 Å². The maximum Gasteiger partial charge on any atom is 0.251 e. The summed E-state index contributed by atoms with van der Waals surface area (Å²) in [6, 6.07) is 10.9. The highest BCUT2D eigenvalue weighted by atomic mass is 16.5. The monoisotopic (exact) mass is 268 g/mol. The van der Waals surface area contributed by atoms with Gasteiger partial charge in [0.1, 0.15) is 12.0 Å². The number of rotatable bonds is 4. The Labute approximate surface area is 114 Å². The molecule has 3 rings (SSSR count). The molecule has 2 heterocycles. The van der Waals surface area contributed by atoms with E-state index in [0.29, 0.717) is 17.8 Å². The fourth-order valence-corrected chi connectivity index (χ4v) is 1.82. The fraction of sp³-hybridized carbons (Fsp3) is 0.0714. The van der Waals surface area contributed by atoms with Gasteiger partial charge in [-0.1, -0.05) is 17.3 Å². The van der Waals surface area contributed by atoms with Crippen LogP contribution in [0.4, 0.5) is 0 Å². The lowest BCUT2D eigenvalue weighted by atomic mass is 10.1. The fourth-order valence-electron chi connectivity index (χ4n) is 1.82. The first kappa shape index (κ1) is 12.2. The molecule has 0 aliphatic rings. The van der Waals surface area contributed by atoms with Crippen LogP contribution in [0.1, 0.15) is 16.1 Å². The number of benzene rings is 1. The van der Waals surface area contributed by atoms with E-state index in [1.165, 1.54) is 6.26 Å². The van der Waals surface area contributed by atoms with Gasteiger partial charge >= 0.3 is 0 Å². The SMILES string of the molecule is O=C(NCc1ccon1)c1ccc(-c2ccn[nH]2)cc1. The van der Waals surface area contributed by atoms with Crippen molar-refractivity contribution in [1.29, 1.82) is 0 Å². The third kappa shape index (κ3) is 2.59. The highest BCUT2D eigenvalue weighted by Crippen LogP contribution is 2.16. The van der Waals surface area contributed by atoms with Crippen molar-refractivity contribution in [3.8, 4) is 11.3 Å². The summed E-state index contributed by atoms with van der Waals surface area (Å²) in [5, 5.41) is 13.3. The molecule has 20 heavy (non-hydrogen) atoms. The summed E-state index contributed by atoms with van der Waals surface area (Å²) in [4.78, 5) is 11.9. The highest BCUT2D eigenvalue weighted by molar-refractivity contribution is 5.94. The van der Waals surface area contributed by atoms with Gasteiger partial charge in [-0.05, 0) is 23.8 Å². The second-order valence-electron chi connectivity index (χ2n) is 4.22. The van der Waals surface area contributed by atoms with Crippen molar-refractivity contribution in [2.24, 2.45) is 0 Å². The van der Waals surface area contributed by atoms with Crippen LogP contribution < -0.4 is 5.32 Å². The minimum Gasteiger partial charge on any atom is -0.364 e. The van der Waals surface area contributed by atoms with Gasteiger partial charge in [-0.3, -0.25) is 9.89 Å². The molecule has 100 valence electrons. The van der Waals surface area contributed by atoms with Crippen LogP contribution in [0.5, 0.6) is 0 Å². The first-order chi connectivity index (χ1) is 9.83. The molecule has 0 fully saturated rings. The molecule has 0 saturated carbocycles. The number of aromatic amines is 1. The molecule has 6 nitrogen and oxygen atoms in total. The minimum absolute atomic E-state index is 0.149. The number of H-pyrrole nitrogens is 1. The Balaban J connectivity index is 1.66. The van der Waals surface area contributed by atoms with E-state index in [9.17, 15) is 4.79 Å². The number of carbonyl (C=O) groups excluding carboxylic acids is 1. The van der Waals surface area contributed by atoms with E-state index < -0.39 is 0 Å². The number of aromatic nitrogens is 3. The second kappa shape index (κ2) is 5.40. The maximum atomic E-state index is 11.9. The summed E-state index contributed by atoms with van der Waals surface area (Å²) in [7, 11) is 0. The van der Waals surface area contributed by atoms with Gasteiger partial charge in [0.05, 0.1) is 12.2 Å². The molecule has 3 aromatic rings. The van der Waals surface area contributed by atoms with Crippen molar-refractivity contribution in [2.45, 2.75) is 6.54 Å². The minimum atomic E-state index is -0.149. The van der Waals surface area contributed by atoms with E-state index in [-0.39, 0.29) is 5.91 Å². The number of hydrogen-bond acceptors (Lipinski definition) is 4. The van der Waals surface area contributed by atoms with Gasteiger partial charge < -0.3 is 9.84 Å². The Morgan fingerprint density at radius 3 is 2.70 bits per heavy atom. The normalized spacial score (nSPS) is 10.4. The molecule has 0 aliphatic heterocycles. The van der Waals surface area contributed by atoms with Crippen LogP contribution >= 0.6 is 0 Å². The lowest BCUT2D eigenvalue weighted by Gasteiger charge is -2.04. The van der Waals surface area contributed by atoms with Crippen LogP contribution in [0.2, 0.25) is 0 Å². The zero-order valence-corrected chi connectivity index (χ0v) is 10.5. The van der Waals surface area contributed by atoms with Crippen LogP contribution in [-0.4, -0.2) is 21.3 Å². The van der Waals surface area contributed by atoms with Crippen molar-refractivity contribution >= 4 is 5.91 Å². The van der Waals surface area contributed by atoms with Crippen LogP contribution in [0, 0.1) is 0 Å². The number of nitrogens with one attached hydrogen (secondary N) is 2. The Morgan fingerprint density at radius 2 is 2.05 bits per heavy atom. The first-order valence-electron chi connectivity index (χ1n) is 6.10. The molecule has 0 unspecified atom stereocenters. The van der Waals surface area contributed by atoms with Crippen LogP contribution in [0.3, 0.4) is 0 Å². The average molecular weight is 268 g/mol. The van der Waals surface area contributed by atoms with Crippen molar-refractivity contribution in [2.75, 3.05) is 0 Å². The van der Waals surface area contributed by atoms with E-state index in [2.05, 4.69) is 20.7 Å². The number of hydrogen-bond donors (Lipinski definition) is 2. The summed E-state index contributed by atoms with van der Waals surface area (Å²) >= 11 is 0. The lowest BCUT2D eigenvalue weighted by molar-refractivity contribution is 0.0950. The third-order valence-electron chi connectivity index (χ3n) is 2.88. The lowest BCUT2D eigenvalue weighted by Crippen LogP contribution is -2.22. The number of carbonyl (C=O) groups is 1. The van der Waals surface area contributed by atoms with E-state index in [1.807, 2.05) is 18.2 Å². The van der Waals surface area contributed by atoms with Gasteiger partial charge in [0.2, 0.25) is 0 Å². The predicted octanol–water partition coefficient (Wildman–Crippen LogP) is 1.99. The van der Waals surface area contributed by atoms with Gasteiger partial charge in [-0.2, -0.15) is 5.10 Å². The quantitative estimate of drug-likeness (QED) is 0.758. The smallest absolute Gasteiger partial charge is 0.251 e. The molecule has 0 saturated heterocycles. The molecule has 1 amide bonds. The van der Waals surface area contributed by atoms with E-state index in [4.69, 9.17) is 4.52 Å². The molecule has 1 aromatic carbocycles. The Hall–Kier alpha value is -2.89. The highest BCUT2D eigenvalue weighted by Gasteiger charge is 2.07. The van der Waals surface area contributed by atoms with Crippen molar-refractivity contribution in [3.63, 3.8) is 0 Å². The van der Waals surface area contributed by atoms with Gasteiger partial charge in [0.25, 0.3) is 5.91 Å².